The fourth-order valence-corrected chi connectivity index (χ4v) is 14.4. The van der Waals surface area contributed by atoms with Gasteiger partial charge in [-0.2, -0.15) is 0 Å². The Morgan fingerprint density at radius 1 is 0.524 bits per heavy atom. The lowest BCUT2D eigenvalue weighted by atomic mass is 9.75. The number of amides is 4. The van der Waals surface area contributed by atoms with Crippen molar-refractivity contribution < 1.29 is 52.2 Å². The summed E-state index contributed by atoms with van der Waals surface area (Å²) in [7, 11) is 0. The normalized spacial score (nSPS) is 15.9. The number of phenolic OH excluding ortho intramolecular Hbond substituents is 1. The minimum absolute atomic E-state index is 0.00242. The number of nitrogen functional groups attached to an aromatic ring is 2. The number of halogens is 1. The minimum atomic E-state index is -0.574. The van der Waals surface area contributed by atoms with Crippen molar-refractivity contribution in [2.24, 2.45) is 0 Å². The molecule has 3 saturated carbocycles. The molecular weight excluding hydrogens is 1340 g/mol. The first-order valence-corrected chi connectivity index (χ1v) is 33.4. The summed E-state index contributed by atoms with van der Waals surface area (Å²) in [6, 6.07) is 42.6. The number of carbonyl (C=O) groups is 5. The van der Waals surface area contributed by atoms with Crippen LogP contribution in [0.3, 0.4) is 0 Å². The number of oxazole rings is 3. The van der Waals surface area contributed by atoms with E-state index in [-0.39, 0.29) is 63.1 Å². The van der Waals surface area contributed by atoms with Crippen molar-refractivity contribution >= 4 is 135 Å². The number of carbonyl (C=O) groups excluding carboxylic acids is 5. The zero-order chi connectivity index (χ0) is 71.8. The van der Waals surface area contributed by atoms with Crippen LogP contribution in [-0.4, -0.2) is 92.1 Å². The Morgan fingerprint density at radius 2 is 0.903 bits per heavy atom. The van der Waals surface area contributed by atoms with E-state index >= 15 is 0 Å². The maximum absolute atomic E-state index is 12.5. The predicted molar refractivity (Wildman–Crippen MR) is 387 cm³/mol. The zero-order valence-electron chi connectivity index (χ0n) is 54.9. The molecule has 3 aliphatic carbocycles. The molecule has 9 N–H and O–H groups in total. The molecule has 0 bridgehead atoms. The second kappa shape index (κ2) is 25.7. The van der Waals surface area contributed by atoms with Gasteiger partial charge in [0.15, 0.2) is 16.7 Å². The Kier molecular flexibility index (Phi) is 16.5. The van der Waals surface area contributed by atoms with E-state index in [4.69, 9.17) is 41.4 Å². The lowest BCUT2D eigenvalue weighted by Crippen LogP contribution is -2.55. The molecule has 27 nitrogen and oxygen atoms in total. The second-order valence-electron chi connectivity index (χ2n) is 26.3. The van der Waals surface area contributed by atoms with Gasteiger partial charge in [-0.3, -0.25) is 44.2 Å². The number of fused-ring (bicyclic) bond motifs is 15. The molecule has 0 atom stereocenters. The molecule has 3 spiro atoms. The molecule has 0 unspecified atom stereocenters. The van der Waals surface area contributed by atoms with E-state index in [1.54, 1.807) is 24.3 Å². The molecule has 6 aromatic heterocycles. The van der Waals surface area contributed by atoms with Gasteiger partial charge in [0.1, 0.15) is 39.4 Å². The van der Waals surface area contributed by atoms with Gasteiger partial charge < -0.3 is 64.8 Å². The first kappa shape index (κ1) is 66.0. The van der Waals surface area contributed by atoms with Gasteiger partial charge in [-0.25, -0.2) is 15.0 Å². The standard InChI is InChI=1S/C24H20N4O3.C21H16N4O4.C21H18N4O2.C6H6N2O3.C3H3ClO/c1-2-21(29)26-16-6-7-20-17(12-16)27-23(31-20)15-5-4-14-10-19-22(30)25-13-24(8-3-9-24)28(19)18(14)11-15;26-19-17-8-12-2-3-13(9-16(12)24(17)21(11-22-19)6-1-7-21)20-23-15-10-14(25(27)28)4-5-18(15)29-20;22-14-4-5-18-15(10-14)24-20(27-18)13-3-2-12-8-17-19(26)23-11-21(6-1-7-21)25(17)16(12)9-13;7-5-3-4(8(10)11)1-2-6(5)9;1-2-3(4)5/h2,4-7,10-12H,1,3,8-9,13H2,(H,25,30)(H,26,29);2-5,8-10H,1,6-7,11H2,(H,22,26);2-5,8-10H,1,6-7,11,22H2,(H,23,26);1-3,9H,7H2;2H,1H2. The van der Waals surface area contributed by atoms with E-state index in [0.717, 1.165) is 123 Å². The van der Waals surface area contributed by atoms with Gasteiger partial charge >= 0.3 is 0 Å². The summed E-state index contributed by atoms with van der Waals surface area (Å²) >= 11 is 4.71. The highest BCUT2D eigenvalue weighted by atomic mass is 35.5. The van der Waals surface area contributed by atoms with Crippen molar-refractivity contribution in [2.45, 2.75) is 74.4 Å². The molecule has 103 heavy (non-hydrogen) atoms. The van der Waals surface area contributed by atoms with Gasteiger partial charge in [0.2, 0.25) is 28.8 Å². The smallest absolute Gasteiger partial charge is 0.271 e. The molecular formula is C75H63ClN14O13. The summed E-state index contributed by atoms with van der Waals surface area (Å²) in [6.45, 7) is 8.58. The Morgan fingerprint density at radius 3 is 1.28 bits per heavy atom. The molecule has 518 valence electrons. The SMILES string of the molecule is C=CC(=O)Cl.C=CC(=O)Nc1ccc2oc(-c3ccc4cc5n(c4c3)C3(CCC3)CNC5=O)nc2c1.Nc1cc([N+](=O)[O-])ccc1O.Nc1ccc2oc(-c3ccc4cc5n(c4c3)C3(CCC3)CNC5=O)nc2c1.O=C1NCC2(CCC2)n2c1cc1ccc(-c3nc4cc([N+](=O)[O-])ccc4o3)cc12. The van der Waals surface area contributed by atoms with E-state index in [0.29, 0.717) is 82.2 Å². The lowest BCUT2D eigenvalue weighted by Gasteiger charge is -2.47. The number of nitrogens with one attached hydrogen (secondary N) is 4. The monoisotopic (exact) mass is 1400 g/mol. The van der Waals surface area contributed by atoms with Crippen molar-refractivity contribution in [3.63, 3.8) is 0 Å². The summed E-state index contributed by atoms with van der Waals surface area (Å²) in [6.07, 6.45) is 12.2. The van der Waals surface area contributed by atoms with Crippen LogP contribution >= 0.6 is 11.6 Å². The Balaban J connectivity index is 0.000000113. The van der Waals surface area contributed by atoms with Crippen LogP contribution in [0.1, 0.15) is 89.3 Å². The maximum Gasteiger partial charge on any atom is 0.271 e. The summed E-state index contributed by atoms with van der Waals surface area (Å²) in [5, 5.41) is 44.5. The van der Waals surface area contributed by atoms with E-state index in [1.807, 2.05) is 78.9 Å². The Labute approximate surface area is 588 Å². The number of non-ortho nitro benzene ring substituents is 2. The molecule has 0 radical (unpaired) electrons. The van der Waals surface area contributed by atoms with Crippen LogP contribution < -0.4 is 32.7 Å². The third kappa shape index (κ3) is 11.9. The number of nitro groups is 2. The summed E-state index contributed by atoms with van der Waals surface area (Å²) in [4.78, 5) is 92.1. The number of allylic oxidation sites excluding steroid dienone is 1. The number of aromatic hydroxyl groups is 1. The minimum Gasteiger partial charge on any atom is -0.506 e. The van der Waals surface area contributed by atoms with E-state index in [9.17, 15) is 44.2 Å². The van der Waals surface area contributed by atoms with Gasteiger partial charge in [0, 0.05) is 88.1 Å². The molecule has 6 aliphatic rings. The topological polar surface area (TPSA) is 385 Å². The average molecular weight is 1400 g/mol. The van der Waals surface area contributed by atoms with Crippen molar-refractivity contribution in [1.82, 2.24) is 44.6 Å². The number of aromatic nitrogens is 6. The largest absolute Gasteiger partial charge is 0.506 e. The lowest BCUT2D eigenvalue weighted by molar-refractivity contribution is -0.384. The highest BCUT2D eigenvalue weighted by Crippen LogP contribution is 2.48. The van der Waals surface area contributed by atoms with Gasteiger partial charge in [0.05, 0.1) is 48.7 Å². The highest BCUT2D eigenvalue weighted by Gasteiger charge is 2.47. The van der Waals surface area contributed by atoms with E-state index in [2.05, 4.69) is 75.2 Å². The number of nitro benzene ring substituents is 2. The summed E-state index contributed by atoms with van der Waals surface area (Å²) in [5.41, 5.74) is 23.6. The Hall–Kier alpha value is -12.9. The fourth-order valence-electron chi connectivity index (χ4n) is 14.4. The maximum atomic E-state index is 12.5. The Bertz CT molecular complexity index is 5760. The van der Waals surface area contributed by atoms with Crippen molar-refractivity contribution in [1.29, 1.82) is 0 Å². The number of anilines is 3. The second-order valence-corrected chi connectivity index (χ2v) is 26.6. The van der Waals surface area contributed by atoms with Crippen molar-refractivity contribution in [3.8, 4) is 40.1 Å². The third-order valence-electron chi connectivity index (χ3n) is 20.1. The fraction of sp³-hybridized carbons (Fsp3) is 0.200. The highest BCUT2D eigenvalue weighted by molar-refractivity contribution is 6.66. The number of nitrogens with zero attached hydrogens (tertiary/aromatic N) is 8. The van der Waals surface area contributed by atoms with Crippen LogP contribution in [0.25, 0.3) is 100 Å². The molecule has 19 rings (SSSR count). The van der Waals surface area contributed by atoms with E-state index < -0.39 is 15.1 Å². The molecule has 3 aliphatic heterocycles. The summed E-state index contributed by atoms with van der Waals surface area (Å²) in [5.74, 6) is 0.985. The molecule has 0 saturated heterocycles. The van der Waals surface area contributed by atoms with Gasteiger partial charge in [0.25, 0.3) is 29.1 Å². The number of nitrogens with two attached hydrogens (primary N) is 2. The molecule has 7 aromatic carbocycles. The van der Waals surface area contributed by atoms with E-state index in [1.165, 1.54) is 43.2 Å². The number of rotatable bonds is 8. The van der Waals surface area contributed by atoms with Gasteiger partial charge in [-0.1, -0.05) is 31.4 Å². The van der Waals surface area contributed by atoms with Crippen LogP contribution in [0.5, 0.6) is 5.75 Å². The molecule has 9 heterocycles. The third-order valence-corrected chi connectivity index (χ3v) is 20.2. The molecule has 13 aromatic rings. The van der Waals surface area contributed by atoms with Crippen molar-refractivity contribution in [3.05, 3.63) is 208 Å². The molecule has 28 heteroatoms. The van der Waals surface area contributed by atoms with Crippen LogP contribution in [0.2, 0.25) is 0 Å². The van der Waals surface area contributed by atoms with Gasteiger partial charge in [-0.15, -0.1) is 0 Å². The zero-order valence-corrected chi connectivity index (χ0v) is 55.6. The van der Waals surface area contributed by atoms with Crippen LogP contribution in [0, 0.1) is 20.2 Å². The van der Waals surface area contributed by atoms with Crippen LogP contribution in [-0.2, 0) is 26.2 Å². The van der Waals surface area contributed by atoms with Crippen LogP contribution in [0.4, 0.5) is 28.4 Å². The predicted octanol–water partition coefficient (Wildman–Crippen LogP) is 13.7. The first-order chi connectivity index (χ1) is 49.6. The quantitative estimate of drug-likeness (QED) is 0.0185. The van der Waals surface area contributed by atoms with Crippen LogP contribution in [0.15, 0.2) is 184 Å². The first-order valence-electron chi connectivity index (χ1n) is 33.1. The molecule has 3 fully saturated rings. The number of phenols is 1. The molecule has 4 amide bonds. The van der Waals surface area contributed by atoms with Gasteiger partial charge in [-0.05, 0) is 185 Å². The number of benzene rings is 7. The summed E-state index contributed by atoms with van der Waals surface area (Å²) < 4.78 is 24.4. The van der Waals surface area contributed by atoms with Crippen molar-refractivity contribution in [2.75, 3.05) is 36.4 Å². The number of hydrogen-bond donors (Lipinski definition) is 7. The number of hydrogen-bond acceptors (Lipinski definition) is 18. The average Bonchev–Trinajstić information content (AvgIpc) is 1.63.